The van der Waals surface area contributed by atoms with Crippen molar-refractivity contribution in [1.29, 1.82) is 0 Å². The van der Waals surface area contributed by atoms with E-state index in [2.05, 4.69) is 5.32 Å². The molecule has 104 valence electrons. The molecule has 0 aliphatic rings. The monoisotopic (exact) mass is 333 g/mol. The average Bonchev–Trinajstić information content (AvgIpc) is 2.49. The van der Waals surface area contributed by atoms with Crippen LogP contribution >= 0.6 is 17.0 Å². The lowest BCUT2D eigenvalue weighted by molar-refractivity contribution is 0.0970. The van der Waals surface area contributed by atoms with E-state index in [-0.39, 0.29) is 41.6 Å². The molecule has 4 heteroatoms. The fourth-order valence-corrected chi connectivity index (χ4v) is 1.74. The van der Waals surface area contributed by atoms with Crippen molar-refractivity contribution < 1.29 is 9.59 Å². The number of hydrogen-bond acceptors (Lipinski definition) is 3. The number of carbonyl (C=O) groups is 2. The van der Waals surface area contributed by atoms with Crippen LogP contribution in [-0.4, -0.2) is 24.7 Å². The van der Waals surface area contributed by atoms with Gasteiger partial charge >= 0.3 is 0 Å². The molecule has 0 saturated carbocycles. The summed E-state index contributed by atoms with van der Waals surface area (Å²) in [5.74, 6) is -0.0251. The van der Waals surface area contributed by atoms with Crippen molar-refractivity contribution in [3.05, 3.63) is 71.8 Å². The third kappa shape index (κ3) is 4.72. The molecule has 0 aliphatic heterocycles. The van der Waals surface area contributed by atoms with E-state index in [1.165, 1.54) is 0 Å². The van der Waals surface area contributed by atoms with E-state index in [9.17, 15) is 9.59 Å². The fourth-order valence-electron chi connectivity index (χ4n) is 1.74. The van der Waals surface area contributed by atoms with Crippen LogP contribution in [0.2, 0.25) is 0 Å². The molecule has 0 aromatic heterocycles. The second-order valence-corrected chi connectivity index (χ2v) is 4.18. The van der Waals surface area contributed by atoms with Crippen LogP contribution in [0.1, 0.15) is 20.7 Å². The lowest BCUT2D eigenvalue weighted by atomic mass is 10.1. The van der Waals surface area contributed by atoms with Gasteiger partial charge < -0.3 is 5.32 Å². The van der Waals surface area contributed by atoms with Gasteiger partial charge in [-0.25, -0.2) is 0 Å². The summed E-state index contributed by atoms with van der Waals surface area (Å²) < 4.78 is 0. The minimum Gasteiger partial charge on any atom is -0.303 e. The van der Waals surface area contributed by atoms with Crippen LogP contribution in [0.3, 0.4) is 0 Å². The Bertz CT molecular complexity index is 504. The van der Waals surface area contributed by atoms with E-state index < -0.39 is 0 Å². The normalized spacial score (nSPS) is 9.60. The zero-order valence-corrected chi connectivity index (χ0v) is 12.6. The van der Waals surface area contributed by atoms with Crippen LogP contribution < -0.4 is 5.32 Å². The molecule has 0 heterocycles. The molecule has 20 heavy (non-hydrogen) atoms. The molecular formula is C16H16BrNO2. The first kappa shape index (κ1) is 16.3. The Morgan fingerprint density at radius 3 is 1.40 bits per heavy atom. The van der Waals surface area contributed by atoms with Crippen molar-refractivity contribution in [2.24, 2.45) is 0 Å². The summed E-state index contributed by atoms with van der Waals surface area (Å²) in [6.07, 6.45) is 0. The SMILES string of the molecule is Br.O=C(CNCC(=O)c1ccccc1)c1ccccc1. The van der Waals surface area contributed by atoms with Crippen LogP contribution in [-0.2, 0) is 0 Å². The maximum atomic E-state index is 11.8. The fraction of sp³-hybridized carbons (Fsp3) is 0.125. The number of halogens is 1. The summed E-state index contributed by atoms with van der Waals surface area (Å²) >= 11 is 0. The Hall–Kier alpha value is -1.78. The maximum absolute atomic E-state index is 11.8. The predicted molar refractivity (Wildman–Crippen MR) is 84.7 cm³/mol. The largest absolute Gasteiger partial charge is 0.303 e. The third-order valence-electron chi connectivity index (χ3n) is 2.76. The molecule has 0 bridgehead atoms. The highest BCUT2D eigenvalue weighted by atomic mass is 79.9. The van der Waals surface area contributed by atoms with Crippen LogP contribution in [0.25, 0.3) is 0 Å². The van der Waals surface area contributed by atoms with Crippen LogP contribution in [0.15, 0.2) is 60.7 Å². The van der Waals surface area contributed by atoms with Gasteiger partial charge in [0.2, 0.25) is 0 Å². The van der Waals surface area contributed by atoms with Gasteiger partial charge in [-0.2, -0.15) is 0 Å². The van der Waals surface area contributed by atoms with E-state index in [1.807, 2.05) is 36.4 Å². The molecule has 0 fully saturated rings. The molecule has 2 aromatic rings. The molecule has 0 saturated heterocycles. The van der Waals surface area contributed by atoms with E-state index in [0.717, 1.165) is 0 Å². The zero-order valence-electron chi connectivity index (χ0n) is 10.9. The average molecular weight is 334 g/mol. The molecule has 2 rings (SSSR count). The summed E-state index contributed by atoms with van der Waals surface area (Å²) in [6.45, 7) is 0.338. The van der Waals surface area contributed by atoms with E-state index in [4.69, 9.17) is 0 Å². The van der Waals surface area contributed by atoms with Crippen molar-refractivity contribution in [2.75, 3.05) is 13.1 Å². The molecule has 0 atom stereocenters. The molecule has 0 unspecified atom stereocenters. The van der Waals surface area contributed by atoms with Crippen molar-refractivity contribution in [3.63, 3.8) is 0 Å². The van der Waals surface area contributed by atoms with Gasteiger partial charge in [0.1, 0.15) is 0 Å². The van der Waals surface area contributed by atoms with E-state index in [1.54, 1.807) is 24.3 Å². The molecule has 1 N–H and O–H groups in total. The van der Waals surface area contributed by atoms with E-state index in [0.29, 0.717) is 11.1 Å². The quantitative estimate of drug-likeness (QED) is 0.827. The molecular weight excluding hydrogens is 318 g/mol. The summed E-state index contributed by atoms with van der Waals surface area (Å²) in [5.41, 5.74) is 1.31. The van der Waals surface area contributed by atoms with E-state index >= 15 is 0 Å². The number of ketones is 2. The second-order valence-electron chi connectivity index (χ2n) is 4.18. The Kier molecular flexibility index (Phi) is 6.84. The first-order valence-electron chi connectivity index (χ1n) is 6.14. The Balaban J connectivity index is 0.00000200. The number of hydrogen-bond donors (Lipinski definition) is 1. The minimum absolute atomic E-state index is 0. The Labute approximate surface area is 128 Å². The van der Waals surface area contributed by atoms with Crippen molar-refractivity contribution in [2.45, 2.75) is 0 Å². The molecule has 3 nitrogen and oxygen atoms in total. The van der Waals surface area contributed by atoms with Gasteiger partial charge in [-0.05, 0) is 0 Å². The molecule has 0 spiro atoms. The summed E-state index contributed by atoms with van der Waals surface area (Å²) in [7, 11) is 0. The maximum Gasteiger partial charge on any atom is 0.176 e. The van der Waals surface area contributed by atoms with Gasteiger partial charge in [-0.15, -0.1) is 17.0 Å². The molecule has 2 aromatic carbocycles. The van der Waals surface area contributed by atoms with Gasteiger partial charge in [-0.3, -0.25) is 9.59 Å². The number of nitrogens with one attached hydrogen (secondary N) is 1. The van der Waals surface area contributed by atoms with Gasteiger partial charge in [0.25, 0.3) is 0 Å². The molecule has 0 aliphatic carbocycles. The highest BCUT2D eigenvalue weighted by Crippen LogP contribution is 2.00. The number of rotatable bonds is 6. The Morgan fingerprint density at radius 2 is 1.05 bits per heavy atom. The number of carbonyl (C=O) groups excluding carboxylic acids is 2. The van der Waals surface area contributed by atoms with Gasteiger partial charge in [0, 0.05) is 11.1 Å². The van der Waals surface area contributed by atoms with Crippen LogP contribution in [0, 0.1) is 0 Å². The van der Waals surface area contributed by atoms with Gasteiger partial charge in [0.05, 0.1) is 13.1 Å². The van der Waals surface area contributed by atoms with Crippen molar-refractivity contribution >= 4 is 28.5 Å². The highest BCUT2D eigenvalue weighted by molar-refractivity contribution is 8.93. The smallest absolute Gasteiger partial charge is 0.176 e. The predicted octanol–water partition coefficient (Wildman–Crippen LogP) is 2.92. The standard InChI is InChI=1S/C16H15NO2.BrH/c18-15(13-7-3-1-4-8-13)11-17-12-16(19)14-9-5-2-6-10-14;/h1-10,17H,11-12H2;1H. The molecule has 0 radical (unpaired) electrons. The minimum atomic E-state index is -0.0125. The van der Waals surface area contributed by atoms with Crippen molar-refractivity contribution in [1.82, 2.24) is 5.32 Å². The highest BCUT2D eigenvalue weighted by Gasteiger charge is 2.07. The van der Waals surface area contributed by atoms with Crippen LogP contribution in [0.4, 0.5) is 0 Å². The third-order valence-corrected chi connectivity index (χ3v) is 2.76. The number of Topliss-reactive ketones (excluding diaryl/α,β-unsaturated/α-hetero) is 2. The van der Waals surface area contributed by atoms with Crippen molar-refractivity contribution in [3.8, 4) is 0 Å². The first-order valence-corrected chi connectivity index (χ1v) is 6.14. The lowest BCUT2D eigenvalue weighted by Crippen LogP contribution is -2.28. The summed E-state index contributed by atoms with van der Waals surface area (Å²) in [5, 5.41) is 2.88. The Morgan fingerprint density at radius 1 is 0.700 bits per heavy atom. The zero-order chi connectivity index (χ0) is 13.5. The molecule has 0 amide bonds. The van der Waals surface area contributed by atoms with Gasteiger partial charge in [0.15, 0.2) is 11.6 Å². The lowest BCUT2D eigenvalue weighted by Gasteiger charge is -2.04. The first-order chi connectivity index (χ1) is 9.27. The van der Waals surface area contributed by atoms with Crippen LogP contribution in [0.5, 0.6) is 0 Å². The summed E-state index contributed by atoms with van der Waals surface area (Å²) in [6, 6.07) is 18.1. The number of benzene rings is 2. The summed E-state index contributed by atoms with van der Waals surface area (Å²) in [4.78, 5) is 23.6. The van der Waals surface area contributed by atoms with Gasteiger partial charge in [-0.1, -0.05) is 60.7 Å². The topological polar surface area (TPSA) is 46.2 Å². The second kappa shape index (κ2) is 8.40.